The van der Waals surface area contributed by atoms with Crippen molar-refractivity contribution in [2.24, 2.45) is 0 Å². The maximum absolute atomic E-state index is 11.3. The van der Waals surface area contributed by atoms with Crippen LogP contribution in [0.5, 0.6) is 0 Å². The van der Waals surface area contributed by atoms with Gasteiger partial charge in [0.25, 0.3) is 12.0 Å². The van der Waals surface area contributed by atoms with Crippen molar-refractivity contribution >= 4 is 19.9 Å². The molecule has 0 aliphatic carbocycles. The van der Waals surface area contributed by atoms with Crippen LogP contribution in [0.1, 0.15) is 22.2 Å². The maximum Gasteiger partial charge on any atom is 0.698 e. The third kappa shape index (κ3) is 2.14. The van der Waals surface area contributed by atoms with Gasteiger partial charge in [0.15, 0.2) is 0 Å². The summed E-state index contributed by atoms with van der Waals surface area (Å²) in [6.07, 6.45) is -1.30. The summed E-state index contributed by atoms with van der Waals surface area (Å²) in [5.41, 5.74) is -0.117. The molecule has 1 aromatic carbocycles. The van der Waals surface area contributed by atoms with Crippen LogP contribution in [0.4, 0.5) is 5.69 Å². The summed E-state index contributed by atoms with van der Waals surface area (Å²) in [5, 5.41) is 10.5. The first-order valence-corrected chi connectivity index (χ1v) is 5.44. The standard InChI is InChI=1S/C8H4NO7P/c10-7-6-3-4(9(11)12)1-2-5(6)8(15-7)16-17(13)14/h1-3,8H/p+1. The number of nitrogens with zero attached hydrogens (tertiary/aromatic N) is 1. The molecule has 0 fully saturated rings. The Kier molecular flexibility index (Phi) is 2.84. The predicted molar refractivity (Wildman–Crippen MR) is 52.2 cm³/mol. The maximum atomic E-state index is 11.3. The van der Waals surface area contributed by atoms with Gasteiger partial charge in [-0.2, -0.15) is 0 Å². The first-order valence-electron chi connectivity index (χ1n) is 4.31. The fourth-order valence-electron chi connectivity index (χ4n) is 1.42. The smallest absolute Gasteiger partial charge is 0.423 e. The molecule has 2 unspecified atom stereocenters. The van der Waals surface area contributed by atoms with Gasteiger partial charge in [0.2, 0.25) is 0 Å². The summed E-state index contributed by atoms with van der Waals surface area (Å²) in [6, 6.07) is 3.44. The van der Waals surface area contributed by atoms with E-state index >= 15 is 0 Å². The van der Waals surface area contributed by atoms with Gasteiger partial charge in [-0.1, -0.05) is 4.52 Å². The van der Waals surface area contributed by atoms with E-state index in [2.05, 4.69) is 9.26 Å². The molecule has 1 aliphatic heterocycles. The van der Waals surface area contributed by atoms with Crippen molar-refractivity contribution in [1.29, 1.82) is 0 Å². The number of benzene rings is 1. The molecule has 0 saturated carbocycles. The Labute approximate surface area is 94.9 Å². The van der Waals surface area contributed by atoms with E-state index in [1.165, 1.54) is 6.07 Å². The molecule has 0 saturated heterocycles. The average Bonchev–Trinajstić information content (AvgIpc) is 2.54. The number of cyclic esters (lactones) is 1. The summed E-state index contributed by atoms with van der Waals surface area (Å²) < 4.78 is 19.6. The second kappa shape index (κ2) is 4.17. The van der Waals surface area contributed by atoms with Crippen LogP contribution in [0, 0.1) is 10.1 Å². The highest BCUT2D eigenvalue weighted by Crippen LogP contribution is 2.38. The van der Waals surface area contributed by atoms with Crippen LogP contribution in [0.15, 0.2) is 18.2 Å². The number of carbonyl (C=O) groups excluding carboxylic acids is 1. The lowest BCUT2D eigenvalue weighted by atomic mass is 10.1. The molecule has 8 nitrogen and oxygen atoms in total. The summed E-state index contributed by atoms with van der Waals surface area (Å²) >= 11 is 0. The van der Waals surface area contributed by atoms with Gasteiger partial charge in [-0.25, -0.2) is 4.79 Å². The second-order valence-corrected chi connectivity index (χ2v) is 3.80. The van der Waals surface area contributed by atoms with Gasteiger partial charge in [0.05, 0.1) is 10.5 Å². The highest BCUT2D eigenvalue weighted by Gasteiger charge is 2.38. The first-order chi connectivity index (χ1) is 7.99. The third-order valence-electron chi connectivity index (χ3n) is 2.12. The largest absolute Gasteiger partial charge is 0.698 e. The number of fused-ring (bicyclic) bond motifs is 1. The molecule has 1 aromatic rings. The molecule has 1 aliphatic rings. The summed E-state index contributed by atoms with van der Waals surface area (Å²) in [6.45, 7) is 0. The van der Waals surface area contributed by atoms with E-state index in [9.17, 15) is 19.5 Å². The van der Waals surface area contributed by atoms with Crippen LogP contribution in [-0.4, -0.2) is 15.8 Å². The molecule has 88 valence electrons. The third-order valence-corrected chi connectivity index (χ3v) is 2.49. The van der Waals surface area contributed by atoms with Crippen LogP contribution in [0.2, 0.25) is 0 Å². The lowest BCUT2D eigenvalue weighted by molar-refractivity contribution is -0.384. The van der Waals surface area contributed by atoms with E-state index in [1.54, 1.807) is 0 Å². The Morgan fingerprint density at radius 2 is 2.24 bits per heavy atom. The van der Waals surface area contributed by atoms with Crippen molar-refractivity contribution in [2.75, 3.05) is 0 Å². The first kappa shape index (κ1) is 11.6. The Hall–Kier alpha value is -1.89. The van der Waals surface area contributed by atoms with Crippen molar-refractivity contribution in [3.05, 3.63) is 39.4 Å². The number of rotatable bonds is 3. The molecule has 0 bridgehead atoms. The fourth-order valence-corrected chi connectivity index (χ4v) is 1.74. The number of esters is 1. The Morgan fingerprint density at radius 3 is 2.82 bits per heavy atom. The van der Waals surface area contributed by atoms with Gasteiger partial charge in [-0.3, -0.25) is 10.1 Å². The quantitative estimate of drug-likeness (QED) is 0.377. The van der Waals surface area contributed by atoms with Gasteiger partial charge in [0, 0.05) is 22.3 Å². The van der Waals surface area contributed by atoms with E-state index in [4.69, 9.17) is 4.89 Å². The van der Waals surface area contributed by atoms with Crippen molar-refractivity contribution in [3.63, 3.8) is 0 Å². The second-order valence-electron chi connectivity index (χ2n) is 3.11. The molecular weight excluding hydrogens is 253 g/mol. The van der Waals surface area contributed by atoms with Crippen molar-refractivity contribution in [1.82, 2.24) is 0 Å². The van der Waals surface area contributed by atoms with Crippen LogP contribution in [0.25, 0.3) is 0 Å². The Balaban J connectivity index is 2.40. The highest BCUT2D eigenvalue weighted by atomic mass is 31.1. The Morgan fingerprint density at radius 1 is 1.53 bits per heavy atom. The van der Waals surface area contributed by atoms with Gasteiger partial charge in [0.1, 0.15) is 0 Å². The molecule has 0 spiro atoms. The van der Waals surface area contributed by atoms with Crippen LogP contribution in [0.3, 0.4) is 0 Å². The summed E-state index contributed by atoms with van der Waals surface area (Å²) in [7, 11) is -2.94. The molecule has 0 amide bonds. The lowest BCUT2D eigenvalue weighted by Crippen LogP contribution is -1.98. The zero-order valence-electron chi connectivity index (χ0n) is 8.10. The van der Waals surface area contributed by atoms with Crippen LogP contribution >= 0.6 is 8.25 Å². The van der Waals surface area contributed by atoms with E-state index in [-0.39, 0.29) is 16.8 Å². The molecule has 2 atom stereocenters. The van der Waals surface area contributed by atoms with Gasteiger partial charge in [-0.05, 0) is 6.07 Å². The number of hydrogen-bond acceptors (Lipinski definition) is 6. The minimum atomic E-state index is -2.94. The van der Waals surface area contributed by atoms with Crippen molar-refractivity contribution in [2.45, 2.75) is 6.29 Å². The molecule has 1 N–H and O–H groups in total. The summed E-state index contributed by atoms with van der Waals surface area (Å²) in [5.74, 6) is -0.828. The molecule has 17 heavy (non-hydrogen) atoms. The van der Waals surface area contributed by atoms with E-state index < -0.39 is 25.4 Å². The zero-order chi connectivity index (χ0) is 12.6. The van der Waals surface area contributed by atoms with Crippen LogP contribution < -0.4 is 0 Å². The van der Waals surface area contributed by atoms with Gasteiger partial charge >= 0.3 is 14.2 Å². The van der Waals surface area contributed by atoms with Crippen molar-refractivity contribution in [3.8, 4) is 0 Å². The number of nitro benzene ring substituents is 1. The number of ether oxygens (including phenoxy) is 1. The monoisotopic (exact) mass is 258 g/mol. The van der Waals surface area contributed by atoms with E-state index in [1.807, 2.05) is 0 Å². The highest BCUT2D eigenvalue weighted by molar-refractivity contribution is 7.32. The van der Waals surface area contributed by atoms with E-state index in [0.717, 1.165) is 12.1 Å². The van der Waals surface area contributed by atoms with Crippen LogP contribution in [-0.2, 0) is 13.8 Å². The molecule has 1 heterocycles. The number of hydrogen-bond donors (Lipinski definition) is 1. The minimum Gasteiger partial charge on any atom is -0.423 e. The van der Waals surface area contributed by atoms with Gasteiger partial charge in [-0.15, -0.1) is 4.89 Å². The molecule has 0 aromatic heterocycles. The summed E-state index contributed by atoms with van der Waals surface area (Å²) in [4.78, 5) is 29.7. The lowest BCUT2D eigenvalue weighted by Gasteiger charge is -2.00. The normalized spacial score (nSPS) is 18.5. The number of nitro groups is 1. The van der Waals surface area contributed by atoms with Gasteiger partial charge < -0.3 is 4.74 Å². The average molecular weight is 258 g/mol. The molecular formula is C8H5NO7P+. The predicted octanol–water partition coefficient (Wildman–Crippen LogP) is 1.43. The Bertz CT molecular complexity index is 529. The molecule has 2 rings (SSSR count). The molecule has 0 radical (unpaired) electrons. The van der Waals surface area contributed by atoms with E-state index in [0.29, 0.717) is 0 Å². The number of non-ortho nitro benzene ring substituents is 1. The van der Waals surface area contributed by atoms with Crippen molar-refractivity contribution < 1.29 is 28.4 Å². The zero-order valence-corrected chi connectivity index (χ0v) is 8.99. The fraction of sp³-hybridized carbons (Fsp3) is 0.125. The minimum absolute atomic E-state index is 0.0407. The number of carbonyl (C=O) groups is 1. The topological polar surface area (TPSA) is 116 Å². The molecule has 9 heteroatoms. The SMILES string of the molecule is O=C1OC(O[P+](=O)O)c2ccc([N+](=O)[O-])cc21.